The Morgan fingerprint density at radius 2 is 1.33 bits per heavy atom. The number of para-hydroxylation sites is 1. The molecule has 0 aliphatic rings. The maximum absolute atomic E-state index is 4.48. The summed E-state index contributed by atoms with van der Waals surface area (Å²) in [6.45, 7) is 11.0. The number of hydrogen-bond donors (Lipinski definition) is 0. The van der Waals surface area contributed by atoms with Crippen molar-refractivity contribution < 1.29 is 0 Å². The lowest BCUT2D eigenvalue weighted by molar-refractivity contribution is 0.799. The van der Waals surface area contributed by atoms with E-state index >= 15 is 0 Å². The van der Waals surface area contributed by atoms with Gasteiger partial charge in [0.05, 0.1) is 5.69 Å². The average molecular weight is 319 g/mol. The summed E-state index contributed by atoms with van der Waals surface area (Å²) in [5.41, 5.74) is 5.00. The van der Waals surface area contributed by atoms with E-state index in [2.05, 4.69) is 72.8 Å². The van der Waals surface area contributed by atoms with Gasteiger partial charge in [-0.3, -0.25) is 4.57 Å². The molecule has 0 aliphatic carbocycles. The monoisotopic (exact) mass is 319 g/mol. The molecular formula is C21H25N3. The first-order valence-electron chi connectivity index (χ1n) is 8.61. The molecule has 0 radical (unpaired) electrons. The van der Waals surface area contributed by atoms with Crippen LogP contribution in [0.4, 0.5) is 0 Å². The van der Waals surface area contributed by atoms with Gasteiger partial charge in [-0.25, -0.2) is 0 Å². The molecule has 0 amide bonds. The SMILES string of the molecule is Cc1nnc(-c2ccccc2)n1-c1c(C(C)C)cccc1C(C)C. The van der Waals surface area contributed by atoms with Crippen LogP contribution in [-0.2, 0) is 0 Å². The predicted octanol–water partition coefficient (Wildman–Crippen LogP) is 5.49. The maximum atomic E-state index is 4.48. The molecular weight excluding hydrogens is 294 g/mol. The van der Waals surface area contributed by atoms with Gasteiger partial charge in [0.15, 0.2) is 5.82 Å². The van der Waals surface area contributed by atoms with Crippen LogP contribution in [0.2, 0.25) is 0 Å². The van der Waals surface area contributed by atoms with E-state index in [1.807, 2.05) is 25.1 Å². The molecule has 2 aromatic carbocycles. The highest BCUT2D eigenvalue weighted by Crippen LogP contribution is 2.34. The van der Waals surface area contributed by atoms with Gasteiger partial charge in [0.25, 0.3) is 0 Å². The lowest BCUT2D eigenvalue weighted by Gasteiger charge is -2.22. The highest BCUT2D eigenvalue weighted by Gasteiger charge is 2.21. The quantitative estimate of drug-likeness (QED) is 0.636. The molecule has 3 nitrogen and oxygen atoms in total. The summed E-state index contributed by atoms with van der Waals surface area (Å²) in [6.07, 6.45) is 0. The molecule has 0 bridgehead atoms. The van der Waals surface area contributed by atoms with Crippen LogP contribution >= 0.6 is 0 Å². The van der Waals surface area contributed by atoms with E-state index in [-0.39, 0.29) is 0 Å². The average Bonchev–Trinajstić information content (AvgIpc) is 2.96. The van der Waals surface area contributed by atoms with Gasteiger partial charge >= 0.3 is 0 Å². The Balaban J connectivity index is 2.33. The van der Waals surface area contributed by atoms with Crippen molar-refractivity contribution in [3.63, 3.8) is 0 Å². The van der Waals surface area contributed by atoms with E-state index in [1.165, 1.54) is 16.8 Å². The molecule has 1 heterocycles. The molecule has 0 N–H and O–H groups in total. The van der Waals surface area contributed by atoms with Crippen molar-refractivity contribution in [1.82, 2.24) is 14.8 Å². The summed E-state index contributed by atoms with van der Waals surface area (Å²) >= 11 is 0. The largest absolute Gasteiger partial charge is 0.279 e. The first kappa shape index (κ1) is 16.4. The smallest absolute Gasteiger partial charge is 0.168 e. The normalized spacial score (nSPS) is 11.5. The van der Waals surface area contributed by atoms with Gasteiger partial charge in [-0.15, -0.1) is 10.2 Å². The van der Waals surface area contributed by atoms with Gasteiger partial charge in [0, 0.05) is 5.56 Å². The van der Waals surface area contributed by atoms with Crippen molar-refractivity contribution in [3.05, 3.63) is 65.5 Å². The van der Waals surface area contributed by atoms with Gasteiger partial charge < -0.3 is 0 Å². The fraction of sp³-hybridized carbons (Fsp3) is 0.333. The minimum Gasteiger partial charge on any atom is -0.279 e. The zero-order valence-electron chi connectivity index (χ0n) is 15.1. The van der Waals surface area contributed by atoms with E-state index in [0.717, 1.165) is 17.2 Å². The summed E-state index contributed by atoms with van der Waals surface area (Å²) in [7, 11) is 0. The molecule has 124 valence electrons. The fourth-order valence-corrected chi connectivity index (χ4v) is 3.17. The van der Waals surface area contributed by atoms with E-state index in [4.69, 9.17) is 0 Å². The predicted molar refractivity (Wildman–Crippen MR) is 99.7 cm³/mol. The second-order valence-corrected chi connectivity index (χ2v) is 6.87. The minimum absolute atomic E-state index is 0.434. The molecule has 0 spiro atoms. The van der Waals surface area contributed by atoms with E-state index < -0.39 is 0 Å². The molecule has 0 atom stereocenters. The summed E-state index contributed by atoms with van der Waals surface area (Å²) < 4.78 is 2.22. The third-order valence-corrected chi connectivity index (χ3v) is 4.42. The lowest BCUT2D eigenvalue weighted by Crippen LogP contribution is -2.09. The third-order valence-electron chi connectivity index (χ3n) is 4.42. The van der Waals surface area contributed by atoms with Gasteiger partial charge in [0.1, 0.15) is 5.82 Å². The molecule has 3 rings (SSSR count). The lowest BCUT2D eigenvalue weighted by atomic mass is 9.92. The van der Waals surface area contributed by atoms with Crippen LogP contribution < -0.4 is 0 Å². The summed E-state index contributed by atoms with van der Waals surface area (Å²) in [4.78, 5) is 0. The molecule has 3 aromatic rings. The van der Waals surface area contributed by atoms with Crippen LogP contribution in [0.15, 0.2) is 48.5 Å². The van der Waals surface area contributed by atoms with Crippen LogP contribution in [0.25, 0.3) is 17.1 Å². The highest BCUT2D eigenvalue weighted by atomic mass is 15.3. The molecule has 0 saturated heterocycles. The van der Waals surface area contributed by atoms with E-state index in [0.29, 0.717) is 11.8 Å². The number of nitrogens with zero attached hydrogens (tertiary/aromatic N) is 3. The Labute approximate surface area is 144 Å². The standard InChI is InChI=1S/C21H25N3/c1-14(2)18-12-9-13-19(15(3)4)20(18)24-16(5)22-23-21(24)17-10-7-6-8-11-17/h6-15H,1-5H3. The van der Waals surface area contributed by atoms with Crippen LogP contribution in [0.1, 0.15) is 56.5 Å². The van der Waals surface area contributed by atoms with Crippen LogP contribution in [-0.4, -0.2) is 14.8 Å². The molecule has 24 heavy (non-hydrogen) atoms. The highest BCUT2D eigenvalue weighted by molar-refractivity contribution is 5.62. The van der Waals surface area contributed by atoms with Crippen molar-refractivity contribution in [2.45, 2.75) is 46.5 Å². The van der Waals surface area contributed by atoms with Crippen LogP contribution in [0, 0.1) is 6.92 Å². The Bertz CT molecular complexity index is 803. The van der Waals surface area contributed by atoms with Crippen molar-refractivity contribution in [3.8, 4) is 17.1 Å². The fourth-order valence-electron chi connectivity index (χ4n) is 3.17. The van der Waals surface area contributed by atoms with Gasteiger partial charge in [-0.05, 0) is 29.9 Å². The van der Waals surface area contributed by atoms with Crippen molar-refractivity contribution in [2.24, 2.45) is 0 Å². The molecule has 0 fully saturated rings. The van der Waals surface area contributed by atoms with Crippen LogP contribution in [0.3, 0.4) is 0 Å². The molecule has 0 aliphatic heterocycles. The first-order chi connectivity index (χ1) is 11.5. The summed E-state index contributed by atoms with van der Waals surface area (Å²) in [5.74, 6) is 2.69. The third kappa shape index (κ3) is 2.86. The summed E-state index contributed by atoms with van der Waals surface area (Å²) in [5, 5.41) is 8.86. The molecule has 3 heteroatoms. The Hall–Kier alpha value is -2.42. The van der Waals surface area contributed by atoms with Gasteiger partial charge in [0.2, 0.25) is 0 Å². The van der Waals surface area contributed by atoms with Crippen molar-refractivity contribution >= 4 is 0 Å². The zero-order chi connectivity index (χ0) is 17.3. The number of aryl methyl sites for hydroxylation is 1. The Morgan fingerprint density at radius 3 is 1.88 bits per heavy atom. The topological polar surface area (TPSA) is 30.7 Å². The molecule has 1 aromatic heterocycles. The van der Waals surface area contributed by atoms with E-state index in [9.17, 15) is 0 Å². The molecule has 0 saturated carbocycles. The van der Waals surface area contributed by atoms with Crippen molar-refractivity contribution in [2.75, 3.05) is 0 Å². The number of rotatable bonds is 4. The molecule has 0 unspecified atom stereocenters. The first-order valence-corrected chi connectivity index (χ1v) is 8.61. The Kier molecular flexibility index (Phi) is 4.52. The minimum atomic E-state index is 0.434. The number of benzene rings is 2. The van der Waals surface area contributed by atoms with Crippen molar-refractivity contribution in [1.29, 1.82) is 0 Å². The number of hydrogen-bond acceptors (Lipinski definition) is 2. The van der Waals surface area contributed by atoms with Gasteiger partial charge in [-0.2, -0.15) is 0 Å². The number of aromatic nitrogens is 3. The van der Waals surface area contributed by atoms with Gasteiger partial charge in [-0.1, -0.05) is 76.2 Å². The second-order valence-electron chi connectivity index (χ2n) is 6.87. The zero-order valence-corrected chi connectivity index (χ0v) is 15.1. The maximum Gasteiger partial charge on any atom is 0.168 e. The summed E-state index contributed by atoms with van der Waals surface area (Å²) in [6, 6.07) is 16.9. The van der Waals surface area contributed by atoms with Crippen LogP contribution in [0.5, 0.6) is 0 Å². The van der Waals surface area contributed by atoms with E-state index in [1.54, 1.807) is 0 Å². The second kappa shape index (κ2) is 6.60. The Morgan fingerprint density at radius 1 is 0.750 bits per heavy atom.